The Bertz CT molecular complexity index is 870. The molecule has 0 unspecified atom stereocenters. The Morgan fingerprint density at radius 2 is 1.54 bits per heavy atom. The van der Waals surface area contributed by atoms with E-state index in [4.69, 9.17) is 0 Å². The molecule has 0 saturated heterocycles. The average Bonchev–Trinajstić information content (AvgIpc) is 2.53. The van der Waals surface area contributed by atoms with Crippen LogP contribution < -0.4 is 15.4 Å². The number of hydrogen-bond acceptors (Lipinski definition) is 3. The molecule has 8 heteroatoms. The van der Waals surface area contributed by atoms with Crippen molar-refractivity contribution in [3.8, 4) is 0 Å². The Hall–Kier alpha value is -2.61. The van der Waals surface area contributed by atoms with E-state index in [0.29, 0.717) is 5.69 Å². The van der Waals surface area contributed by atoms with Crippen molar-refractivity contribution in [1.29, 1.82) is 0 Å². The highest BCUT2D eigenvalue weighted by molar-refractivity contribution is 7.92. The molecule has 2 amide bonds. The van der Waals surface area contributed by atoms with Crippen molar-refractivity contribution in [3.05, 3.63) is 65.5 Å². The minimum absolute atomic E-state index is 0.291. The van der Waals surface area contributed by atoms with Crippen LogP contribution in [0.3, 0.4) is 0 Å². The number of hydrogen-bond donors (Lipinski definition) is 3. The molecule has 0 saturated carbocycles. The van der Waals surface area contributed by atoms with Crippen LogP contribution in [0.4, 0.5) is 14.9 Å². The molecule has 2 aromatic rings. The lowest BCUT2D eigenvalue weighted by molar-refractivity contribution is 0.235. The molecule has 2 atom stereocenters. The molecule has 2 rings (SSSR count). The zero-order chi connectivity index (χ0) is 19.3. The van der Waals surface area contributed by atoms with Gasteiger partial charge in [-0.2, -0.15) is 0 Å². The van der Waals surface area contributed by atoms with E-state index in [1.165, 1.54) is 12.1 Å². The number of carbonyl (C=O) groups excluding carboxylic acids is 1. The van der Waals surface area contributed by atoms with Gasteiger partial charge in [-0.1, -0.05) is 24.3 Å². The van der Waals surface area contributed by atoms with Crippen LogP contribution in [-0.4, -0.2) is 20.7 Å². The van der Waals surface area contributed by atoms with E-state index < -0.39 is 10.0 Å². The van der Waals surface area contributed by atoms with Gasteiger partial charge in [-0.3, -0.25) is 4.72 Å². The highest BCUT2D eigenvalue weighted by Crippen LogP contribution is 2.18. The largest absolute Gasteiger partial charge is 0.332 e. The Morgan fingerprint density at radius 3 is 2.12 bits per heavy atom. The maximum absolute atomic E-state index is 13.0. The van der Waals surface area contributed by atoms with Gasteiger partial charge in [0.15, 0.2) is 0 Å². The van der Waals surface area contributed by atoms with Crippen molar-refractivity contribution in [3.63, 3.8) is 0 Å². The SMILES string of the molecule is C[C@H](NC(=O)N[C@H](C)c1ccc(F)cc1)c1cccc(NS(C)(=O)=O)c1. The van der Waals surface area contributed by atoms with Crippen LogP contribution in [0.5, 0.6) is 0 Å². The zero-order valence-corrected chi connectivity index (χ0v) is 15.6. The first-order valence-corrected chi connectivity index (χ1v) is 9.93. The number of anilines is 1. The Labute approximate surface area is 152 Å². The zero-order valence-electron chi connectivity index (χ0n) is 14.8. The molecule has 0 radical (unpaired) electrons. The molecule has 140 valence electrons. The number of amides is 2. The first-order valence-electron chi connectivity index (χ1n) is 8.04. The lowest BCUT2D eigenvalue weighted by atomic mass is 10.1. The number of benzene rings is 2. The Kier molecular flexibility index (Phi) is 6.20. The first kappa shape index (κ1) is 19.7. The summed E-state index contributed by atoms with van der Waals surface area (Å²) in [6, 6.07) is 11.7. The monoisotopic (exact) mass is 379 g/mol. The Balaban J connectivity index is 1.98. The van der Waals surface area contributed by atoms with Crippen LogP contribution in [0, 0.1) is 5.82 Å². The molecule has 0 aliphatic heterocycles. The molecule has 0 spiro atoms. The maximum Gasteiger partial charge on any atom is 0.315 e. The van der Waals surface area contributed by atoms with Gasteiger partial charge >= 0.3 is 6.03 Å². The lowest BCUT2D eigenvalue weighted by Gasteiger charge is -2.19. The number of sulfonamides is 1. The molecule has 6 nitrogen and oxygen atoms in total. The van der Waals surface area contributed by atoms with Gasteiger partial charge in [0.1, 0.15) is 5.82 Å². The second kappa shape index (κ2) is 8.18. The predicted molar refractivity (Wildman–Crippen MR) is 99.8 cm³/mol. The summed E-state index contributed by atoms with van der Waals surface area (Å²) in [6.07, 6.45) is 1.08. The van der Waals surface area contributed by atoms with Gasteiger partial charge in [0, 0.05) is 5.69 Å². The van der Waals surface area contributed by atoms with E-state index in [2.05, 4.69) is 15.4 Å². The molecule has 0 aliphatic rings. The van der Waals surface area contributed by atoms with Gasteiger partial charge in [-0.25, -0.2) is 17.6 Å². The molecule has 0 heterocycles. The fraction of sp³-hybridized carbons (Fsp3) is 0.278. The third-order valence-electron chi connectivity index (χ3n) is 3.76. The van der Waals surface area contributed by atoms with E-state index >= 15 is 0 Å². The molecule has 0 bridgehead atoms. The summed E-state index contributed by atoms with van der Waals surface area (Å²) in [5.41, 5.74) is 1.97. The highest BCUT2D eigenvalue weighted by atomic mass is 32.2. The number of nitrogens with one attached hydrogen (secondary N) is 3. The van der Waals surface area contributed by atoms with E-state index in [9.17, 15) is 17.6 Å². The minimum atomic E-state index is -3.37. The van der Waals surface area contributed by atoms with Crippen molar-refractivity contribution < 1.29 is 17.6 Å². The standard InChI is InChI=1S/C18H22FN3O3S/c1-12(14-7-9-16(19)10-8-14)20-18(23)21-13(2)15-5-4-6-17(11-15)22-26(3,24)25/h4-13,22H,1-3H3,(H2,20,21,23)/t12-,13+/m1/s1. The summed E-state index contributed by atoms with van der Waals surface area (Å²) in [5.74, 6) is -0.332. The number of halogens is 1. The summed E-state index contributed by atoms with van der Waals surface area (Å²) < 4.78 is 38.0. The van der Waals surface area contributed by atoms with Crippen molar-refractivity contribution >= 4 is 21.7 Å². The molecule has 26 heavy (non-hydrogen) atoms. The summed E-state index contributed by atoms with van der Waals surface area (Å²) in [5, 5.41) is 5.58. The normalized spacial score (nSPS) is 13.5. The summed E-state index contributed by atoms with van der Waals surface area (Å²) in [6.45, 7) is 3.59. The van der Waals surface area contributed by atoms with E-state index in [0.717, 1.165) is 17.4 Å². The Morgan fingerprint density at radius 1 is 0.962 bits per heavy atom. The lowest BCUT2D eigenvalue weighted by Crippen LogP contribution is -2.38. The van der Waals surface area contributed by atoms with E-state index in [-0.39, 0.29) is 23.9 Å². The summed E-state index contributed by atoms with van der Waals surface area (Å²) >= 11 is 0. The quantitative estimate of drug-likeness (QED) is 0.719. The van der Waals surface area contributed by atoms with Gasteiger partial charge < -0.3 is 10.6 Å². The second-order valence-corrected chi connectivity index (χ2v) is 7.86. The fourth-order valence-corrected chi connectivity index (χ4v) is 2.99. The second-order valence-electron chi connectivity index (χ2n) is 6.11. The van der Waals surface area contributed by atoms with Gasteiger partial charge in [-0.05, 0) is 49.2 Å². The van der Waals surface area contributed by atoms with Gasteiger partial charge in [-0.15, -0.1) is 0 Å². The molecule has 2 aromatic carbocycles. The molecule has 0 aromatic heterocycles. The van der Waals surface area contributed by atoms with Crippen LogP contribution in [0.25, 0.3) is 0 Å². The maximum atomic E-state index is 13.0. The smallest absolute Gasteiger partial charge is 0.315 e. The number of urea groups is 1. The van der Waals surface area contributed by atoms with Gasteiger partial charge in [0.25, 0.3) is 0 Å². The number of carbonyl (C=O) groups is 1. The third kappa shape index (κ3) is 6.03. The molecular formula is C18H22FN3O3S. The van der Waals surface area contributed by atoms with Crippen molar-refractivity contribution in [2.45, 2.75) is 25.9 Å². The molecular weight excluding hydrogens is 357 g/mol. The average molecular weight is 379 g/mol. The minimum Gasteiger partial charge on any atom is -0.332 e. The van der Waals surface area contributed by atoms with Crippen molar-refractivity contribution in [2.75, 3.05) is 11.0 Å². The van der Waals surface area contributed by atoms with E-state index in [1.54, 1.807) is 50.2 Å². The molecule has 0 fully saturated rings. The summed E-state index contributed by atoms with van der Waals surface area (Å²) in [7, 11) is -3.37. The predicted octanol–water partition coefficient (Wildman–Crippen LogP) is 3.32. The van der Waals surface area contributed by atoms with Crippen LogP contribution >= 0.6 is 0 Å². The van der Waals surface area contributed by atoms with E-state index in [1.807, 2.05) is 0 Å². The first-order chi connectivity index (χ1) is 12.1. The molecule has 3 N–H and O–H groups in total. The van der Waals surface area contributed by atoms with Crippen LogP contribution in [0.2, 0.25) is 0 Å². The van der Waals surface area contributed by atoms with Crippen molar-refractivity contribution in [1.82, 2.24) is 10.6 Å². The van der Waals surface area contributed by atoms with Crippen LogP contribution in [-0.2, 0) is 10.0 Å². The third-order valence-corrected chi connectivity index (χ3v) is 4.36. The van der Waals surface area contributed by atoms with Gasteiger partial charge in [0.05, 0.1) is 18.3 Å². The van der Waals surface area contributed by atoms with Crippen LogP contribution in [0.1, 0.15) is 37.1 Å². The molecule has 0 aliphatic carbocycles. The number of rotatable bonds is 6. The topological polar surface area (TPSA) is 87.3 Å². The fourth-order valence-electron chi connectivity index (χ4n) is 2.44. The van der Waals surface area contributed by atoms with Crippen LogP contribution in [0.15, 0.2) is 48.5 Å². The van der Waals surface area contributed by atoms with Gasteiger partial charge in [0.2, 0.25) is 10.0 Å². The summed E-state index contributed by atoms with van der Waals surface area (Å²) in [4.78, 5) is 12.2. The van der Waals surface area contributed by atoms with Crippen molar-refractivity contribution in [2.24, 2.45) is 0 Å². The highest BCUT2D eigenvalue weighted by Gasteiger charge is 2.14.